The molecule has 126 valence electrons. The molecular formula is C17H22F2N2O2. The van der Waals surface area contributed by atoms with Gasteiger partial charge in [-0.05, 0) is 18.9 Å². The smallest absolute Gasteiger partial charge is 0.225 e. The van der Waals surface area contributed by atoms with Crippen LogP contribution in [0.5, 0.6) is 0 Å². The highest BCUT2D eigenvalue weighted by Crippen LogP contribution is 2.28. The highest BCUT2D eigenvalue weighted by Gasteiger charge is 2.39. The highest BCUT2D eigenvalue weighted by atomic mass is 19.2. The lowest BCUT2D eigenvalue weighted by atomic mass is 9.96. The molecule has 0 unspecified atom stereocenters. The van der Waals surface area contributed by atoms with Crippen molar-refractivity contribution in [2.75, 3.05) is 26.8 Å². The SMILES string of the molecule is COC[C@@H]1CN(Cc2cccc(F)c2F)C[C@H]1C(=O)NC1CC1. The summed E-state index contributed by atoms with van der Waals surface area (Å²) in [5.41, 5.74) is 0.324. The minimum absolute atomic E-state index is 0.0526. The molecule has 1 aliphatic heterocycles. The van der Waals surface area contributed by atoms with Crippen LogP contribution in [0.25, 0.3) is 0 Å². The molecule has 1 aliphatic carbocycles. The normalized spacial score (nSPS) is 24.8. The standard InChI is InChI=1S/C17H22F2N2O2/c1-23-10-12-8-21(7-11-3-2-4-15(18)16(11)19)9-14(12)17(22)20-13-5-6-13/h2-4,12-14H,5-10H2,1H3,(H,20,22)/t12-,14+/m0/s1. The number of nitrogens with one attached hydrogen (secondary N) is 1. The van der Waals surface area contributed by atoms with Crippen LogP contribution in [0.2, 0.25) is 0 Å². The van der Waals surface area contributed by atoms with E-state index in [0.29, 0.717) is 37.8 Å². The average Bonchev–Trinajstić information content (AvgIpc) is 3.24. The van der Waals surface area contributed by atoms with Gasteiger partial charge in [-0.1, -0.05) is 12.1 Å². The average molecular weight is 324 g/mol. The molecular weight excluding hydrogens is 302 g/mol. The van der Waals surface area contributed by atoms with E-state index in [1.54, 1.807) is 13.2 Å². The molecule has 1 heterocycles. The lowest BCUT2D eigenvalue weighted by molar-refractivity contribution is -0.126. The molecule has 1 saturated heterocycles. The number of carbonyl (C=O) groups excluding carboxylic acids is 1. The molecule has 23 heavy (non-hydrogen) atoms. The summed E-state index contributed by atoms with van der Waals surface area (Å²) >= 11 is 0. The Morgan fingerprint density at radius 3 is 2.83 bits per heavy atom. The number of halogens is 2. The number of rotatable bonds is 6. The van der Waals surface area contributed by atoms with Gasteiger partial charge >= 0.3 is 0 Å². The van der Waals surface area contributed by atoms with Crippen LogP contribution in [0.15, 0.2) is 18.2 Å². The van der Waals surface area contributed by atoms with Gasteiger partial charge in [0, 0.05) is 44.3 Å². The number of hydrogen-bond acceptors (Lipinski definition) is 3. The fourth-order valence-corrected chi connectivity index (χ4v) is 3.22. The Labute approximate surface area is 134 Å². The highest BCUT2D eigenvalue weighted by molar-refractivity contribution is 5.80. The van der Waals surface area contributed by atoms with Crippen molar-refractivity contribution in [3.63, 3.8) is 0 Å². The summed E-state index contributed by atoms with van der Waals surface area (Å²) in [5, 5.41) is 3.03. The Kier molecular flexibility index (Phi) is 4.92. The first-order valence-electron chi connectivity index (χ1n) is 8.03. The molecule has 3 rings (SSSR count). The van der Waals surface area contributed by atoms with Gasteiger partial charge in [0.15, 0.2) is 11.6 Å². The number of likely N-dealkylation sites (tertiary alicyclic amines) is 1. The van der Waals surface area contributed by atoms with Crippen molar-refractivity contribution >= 4 is 5.91 Å². The van der Waals surface area contributed by atoms with Crippen molar-refractivity contribution in [1.82, 2.24) is 10.2 Å². The van der Waals surface area contributed by atoms with E-state index in [1.807, 2.05) is 4.90 Å². The zero-order chi connectivity index (χ0) is 16.4. The van der Waals surface area contributed by atoms with Crippen molar-refractivity contribution in [3.8, 4) is 0 Å². The number of carbonyl (C=O) groups is 1. The minimum Gasteiger partial charge on any atom is -0.384 e. The van der Waals surface area contributed by atoms with Gasteiger partial charge in [-0.3, -0.25) is 9.69 Å². The van der Waals surface area contributed by atoms with E-state index in [1.165, 1.54) is 6.07 Å². The molecule has 0 bridgehead atoms. The fraction of sp³-hybridized carbons (Fsp3) is 0.588. The van der Waals surface area contributed by atoms with Crippen LogP contribution in [0.1, 0.15) is 18.4 Å². The lowest BCUT2D eigenvalue weighted by Gasteiger charge is -2.16. The predicted octanol–water partition coefficient (Wildman–Crippen LogP) is 1.94. The second kappa shape index (κ2) is 6.93. The molecule has 2 aliphatic rings. The number of benzene rings is 1. The molecule has 2 fully saturated rings. The first kappa shape index (κ1) is 16.3. The van der Waals surface area contributed by atoms with E-state index in [-0.39, 0.29) is 17.7 Å². The number of methoxy groups -OCH3 is 1. The Morgan fingerprint density at radius 2 is 2.13 bits per heavy atom. The van der Waals surface area contributed by atoms with Gasteiger partial charge in [0.1, 0.15) is 0 Å². The molecule has 1 aromatic carbocycles. The summed E-state index contributed by atoms with van der Waals surface area (Å²) in [6.07, 6.45) is 2.09. The predicted molar refractivity (Wildman–Crippen MR) is 81.7 cm³/mol. The van der Waals surface area contributed by atoms with Crippen molar-refractivity contribution in [3.05, 3.63) is 35.4 Å². The second-order valence-electron chi connectivity index (χ2n) is 6.51. The largest absolute Gasteiger partial charge is 0.384 e. The molecule has 2 atom stereocenters. The molecule has 0 spiro atoms. The van der Waals surface area contributed by atoms with Crippen LogP contribution in [-0.4, -0.2) is 43.7 Å². The van der Waals surface area contributed by atoms with E-state index < -0.39 is 11.6 Å². The van der Waals surface area contributed by atoms with Gasteiger partial charge in [-0.15, -0.1) is 0 Å². The number of amides is 1. The first-order chi connectivity index (χ1) is 11.1. The zero-order valence-electron chi connectivity index (χ0n) is 13.2. The van der Waals surface area contributed by atoms with Crippen LogP contribution in [0.3, 0.4) is 0 Å². The maximum Gasteiger partial charge on any atom is 0.225 e. The van der Waals surface area contributed by atoms with E-state index >= 15 is 0 Å². The third kappa shape index (κ3) is 3.87. The molecule has 1 aromatic rings. The Balaban J connectivity index is 1.66. The Hall–Kier alpha value is -1.53. The van der Waals surface area contributed by atoms with E-state index in [2.05, 4.69) is 5.32 Å². The van der Waals surface area contributed by atoms with Crippen LogP contribution in [0.4, 0.5) is 8.78 Å². The topological polar surface area (TPSA) is 41.6 Å². The fourth-order valence-electron chi connectivity index (χ4n) is 3.22. The van der Waals surface area contributed by atoms with Crippen molar-refractivity contribution < 1.29 is 18.3 Å². The van der Waals surface area contributed by atoms with E-state index in [9.17, 15) is 13.6 Å². The zero-order valence-corrected chi connectivity index (χ0v) is 13.2. The quantitative estimate of drug-likeness (QED) is 0.869. The van der Waals surface area contributed by atoms with Gasteiger partial charge in [-0.2, -0.15) is 0 Å². The van der Waals surface area contributed by atoms with Gasteiger partial charge in [0.25, 0.3) is 0 Å². The van der Waals surface area contributed by atoms with Crippen molar-refractivity contribution in [2.45, 2.75) is 25.4 Å². The van der Waals surface area contributed by atoms with Crippen LogP contribution >= 0.6 is 0 Å². The monoisotopic (exact) mass is 324 g/mol. The lowest BCUT2D eigenvalue weighted by Crippen LogP contribution is -2.37. The van der Waals surface area contributed by atoms with Crippen LogP contribution in [-0.2, 0) is 16.1 Å². The number of nitrogens with zero attached hydrogens (tertiary/aromatic N) is 1. The summed E-state index contributed by atoms with van der Waals surface area (Å²) in [4.78, 5) is 14.4. The second-order valence-corrected chi connectivity index (χ2v) is 6.51. The molecule has 1 amide bonds. The van der Waals surface area contributed by atoms with Gasteiger partial charge in [0.05, 0.1) is 12.5 Å². The molecule has 0 aromatic heterocycles. The summed E-state index contributed by atoms with van der Waals surface area (Å²) in [6, 6.07) is 4.53. The summed E-state index contributed by atoms with van der Waals surface area (Å²) in [7, 11) is 1.62. The summed E-state index contributed by atoms with van der Waals surface area (Å²) < 4.78 is 32.4. The van der Waals surface area contributed by atoms with Gasteiger partial charge in [-0.25, -0.2) is 8.78 Å². The maximum absolute atomic E-state index is 13.8. The Bertz CT molecular complexity index is 578. The maximum atomic E-state index is 13.8. The first-order valence-corrected chi connectivity index (χ1v) is 8.03. The minimum atomic E-state index is -0.835. The Morgan fingerprint density at radius 1 is 1.35 bits per heavy atom. The summed E-state index contributed by atoms with van der Waals surface area (Å²) in [5.74, 6) is -1.67. The van der Waals surface area contributed by atoms with Crippen molar-refractivity contribution in [2.24, 2.45) is 11.8 Å². The van der Waals surface area contributed by atoms with E-state index in [0.717, 1.165) is 18.9 Å². The van der Waals surface area contributed by atoms with Crippen LogP contribution in [0, 0.1) is 23.5 Å². The molecule has 0 radical (unpaired) electrons. The number of hydrogen-bond donors (Lipinski definition) is 1. The molecule has 4 nitrogen and oxygen atoms in total. The molecule has 6 heteroatoms. The van der Waals surface area contributed by atoms with Gasteiger partial charge in [0.2, 0.25) is 5.91 Å². The van der Waals surface area contributed by atoms with Crippen LogP contribution < -0.4 is 5.32 Å². The number of ether oxygens (including phenoxy) is 1. The third-order valence-electron chi connectivity index (χ3n) is 4.58. The van der Waals surface area contributed by atoms with E-state index in [4.69, 9.17) is 4.74 Å². The molecule has 1 saturated carbocycles. The molecule has 1 N–H and O–H groups in total. The third-order valence-corrected chi connectivity index (χ3v) is 4.58. The van der Waals surface area contributed by atoms with Gasteiger partial charge < -0.3 is 10.1 Å². The van der Waals surface area contributed by atoms with Crippen molar-refractivity contribution in [1.29, 1.82) is 0 Å². The summed E-state index contributed by atoms with van der Waals surface area (Å²) in [6.45, 7) is 1.98.